The Bertz CT molecular complexity index is 927. The molecule has 1 amide bonds. The molecule has 0 aromatic heterocycles. The van der Waals surface area contributed by atoms with Gasteiger partial charge in [-0.3, -0.25) is 9.79 Å². The van der Waals surface area contributed by atoms with Gasteiger partial charge in [0, 0.05) is 29.9 Å². The molecule has 0 bridgehead atoms. The summed E-state index contributed by atoms with van der Waals surface area (Å²) in [5.74, 6) is -0.416. The first-order chi connectivity index (χ1) is 15.4. The van der Waals surface area contributed by atoms with Gasteiger partial charge in [0.25, 0.3) is 5.91 Å². The number of amidine groups is 1. The Kier molecular flexibility index (Phi) is 6.69. The van der Waals surface area contributed by atoms with Gasteiger partial charge in [0.15, 0.2) is 0 Å². The summed E-state index contributed by atoms with van der Waals surface area (Å²) in [6.45, 7) is 0.263. The van der Waals surface area contributed by atoms with Crippen molar-refractivity contribution in [2.45, 2.75) is 44.4 Å². The molecule has 1 saturated heterocycles. The van der Waals surface area contributed by atoms with E-state index in [9.17, 15) is 13.6 Å². The number of alkyl halides is 2. The fourth-order valence-electron chi connectivity index (χ4n) is 4.40. The number of nitrogens with one attached hydrogen (secondary N) is 1. The van der Waals surface area contributed by atoms with Crippen LogP contribution >= 0.6 is 0 Å². The number of halogens is 2. The van der Waals surface area contributed by atoms with E-state index in [-0.39, 0.29) is 23.2 Å². The normalized spacial score (nSPS) is 26.3. The maximum absolute atomic E-state index is 12.3. The molecule has 172 valence electrons. The van der Waals surface area contributed by atoms with Crippen LogP contribution in [0.25, 0.3) is 0 Å². The third-order valence-electron chi connectivity index (χ3n) is 6.29. The zero-order valence-corrected chi connectivity index (χ0v) is 17.7. The molecule has 3 atom stereocenters. The lowest BCUT2D eigenvalue weighted by Crippen LogP contribution is -2.52. The number of primary amides is 1. The fraction of sp³-hybridized carbons (Fsp3) is 0.500. The largest absolute Gasteiger partial charge is 0.435 e. The van der Waals surface area contributed by atoms with Crippen molar-refractivity contribution >= 4 is 23.1 Å². The third kappa shape index (κ3) is 5.42. The van der Waals surface area contributed by atoms with Crippen molar-refractivity contribution in [2.24, 2.45) is 27.4 Å². The highest BCUT2D eigenvalue weighted by Crippen LogP contribution is 2.33. The van der Waals surface area contributed by atoms with Crippen molar-refractivity contribution in [3.05, 3.63) is 36.0 Å². The van der Waals surface area contributed by atoms with Crippen LogP contribution in [0.2, 0.25) is 0 Å². The van der Waals surface area contributed by atoms with Gasteiger partial charge in [-0.2, -0.15) is 8.78 Å². The van der Waals surface area contributed by atoms with Crippen LogP contribution in [0.1, 0.15) is 25.7 Å². The minimum Gasteiger partial charge on any atom is -0.435 e. The Balaban J connectivity index is 1.43. The topological polar surface area (TPSA) is 118 Å². The highest BCUT2D eigenvalue weighted by Gasteiger charge is 2.39. The summed E-state index contributed by atoms with van der Waals surface area (Å²) < 4.78 is 28.9. The number of nitrogens with zero attached hydrogens (tertiary/aromatic N) is 3. The number of likely N-dealkylation sites (tertiary alicyclic amines) is 1. The van der Waals surface area contributed by atoms with Gasteiger partial charge in [-0.1, -0.05) is 0 Å². The zero-order chi connectivity index (χ0) is 22.7. The van der Waals surface area contributed by atoms with Crippen LogP contribution in [0.3, 0.4) is 0 Å². The maximum Gasteiger partial charge on any atom is 0.387 e. The van der Waals surface area contributed by atoms with E-state index in [4.69, 9.17) is 11.5 Å². The Hall–Kier alpha value is -3.01. The van der Waals surface area contributed by atoms with Gasteiger partial charge in [-0.05, 0) is 63.0 Å². The minimum atomic E-state index is -2.91. The third-order valence-corrected chi connectivity index (χ3v) is 6.29. The Morgan fingerprint density at radius 3 is 2.53 bits per heavy atom. The van der Waals surface area contributed by atoms with Gasteiger partial charge in [0.2, 0.25) is 0 Å². The van der Waals surface area contributed by atoms with Crippen LogP contribution in [-0.2, 0) is 4.79 Å². The van der Waals surface area contributed by atoms with Gasteiger partial charge in [0.1, 0.15) is 11.6 Å². The Morgan fingerprint density at radius 2 is 1.97 bits per heavy atom. The highest BCUT2D eigenvalue weighted by atomic mass is 19.3. The van der Waals surface area contributed by atoms with Crippen molar-refractivity contribution in [1.29, 1.82) is 0 Å². The van der Waals surface area contributed by atoms with Crippen LogP contribution in [0.4, 0.5) is 14.5 Å². The number of amides is 1. The molecule has 1 aromatic carbocycles. The summed E-state index contributed by atoms with van der Waals surface area (Å²) in [7, 11) is 0. The molecular formula is C22H28F2N6O2. The number of aliphatic imine (C=N–C) groups is 2. The van der Waals surface area contributed by atoms with Crippen molar-refractivity contribution < 1.29 is 18.3 Å². The molecule has 8 nitrogen and oxygen atoms in total. The Labute approximate surface area is 185 Å². The zero-order valence-electron chi connectivity index (χ0n) is 17.7. The monoisotopic (exact) mass is 446 g/mol. The molecule has 1 aliphatic carbocycles. The predicted molar refractivity (Wildman–Crippen MR) is 118 cm³/mol. The lowest BCUT2D eigenvalue weighted by atomic mass is 9.78. The second kappa shape index (κ2) is 9.64. The molecule has 3 aliphatic rings. The van der Waals surface area contributed by atoms with Gasteiger partial charge in [-0.25, -0.2) is 4.99 Å². The van der Waals surface area contributed by atoms with Crippen LogP contribution in [0.5, 0.6) is 5.75 Å². The number of hydrogen-bond donors (Lipinski definition) is 3. The van der Waals surface area contributed by atoms with Crippen LogP contribution in [0, 0.1) is 5.92 Å². The molecule has 2 heterocycles. The molecule has 0 radical (unpaired) electrons. The SMILES string of the molecule is NC(=O)/C(=C/N[C@H]1CC[C@H](N2CCC2)C[C@@H]1C1=NC1)C(N)=Nc1ccc(OC(F)F)cc1. The van der Waals surface area contributed by atoms with Crippen LogP contribution in [0.15, 0.2) is 46.0 Å². The standard InChI is InChI=1S/C22H28F2N6O2/c23-22(24)32-15-5-2-13(3-6-15)29-20(25)17(21(26)31)11-27-18-7-4-14(30-8-1-9-30)10-16(18)19-12-28-19/h2-3,5-6,11,14,16,18,22,27H,1,4,7-10,12H2,(H2,25,29)(H2,26,31)/b17-11+/t14-,16-,18-/m0/s1. The van der Waals surface area contributed by atoms with Gasteiger partial charge in [-0.15, -0.1) is 0 Å². The maximum atomic E-state index is 12.3. The number of hydrogen-bond acceptors (Lipinski definition) is 6. The van der Waals surface area contributed by atoms with E-state index >= 15 is 0 Å². The smallest absolute Gasteiger partial charge is 0.387 e. The van der Waals surface area contributed by atoms with Gasteiger partial charge in [0.05, 0.1) is 17.8 Å². The van der Waals surface area contributed by atoms with Crippen molar-refractivity contribution in [2.75, 3.05) is 19.6 Å². The first-order valence-electron chi connectivity index (χ1n) is 10.8. The molecule has 1 saturated carbocycles. The molecule has 0 unspecified atom stereocenters. The number of carbonyl (C=O) groups is 1. The van der Waals surface area contributed by atoms with E-state index in [0.717, 1.165) is 25.8 Å². The molecule has 2 aliphatic heterocycles. The second-order valence-corrected chi connectivity index (χ2v) is 8.34. The number of nitrogens with two attached hydrogens (primary N) is 2. The van der Waals surface area contributed by atoms with E-state index < -0.39 is 12.5 Å². The number of benzene rings is 1. The van der Waals surface area contributed by atoms with Crippen molar-refractivity contribution in [3.63, 3.8) is 0 Å². The summed E-state index contributed by atoms with van der Waals surface area (Å²) >= 11 is 0. The average molecular weight is 447 g/mol. The van der Waals surface area contributed by atoms with E-state index in [1.165, 1.54) is 49.5 Å². The second-order valence-electron chi connectivity index (χ2n) is 8.34. The molecule has 0 spiro atoms. The van der Waals surface area contributed by atoms with Gasteiger partial charge >= 0.3 is 6.61 Å². The minimum absolute atomic E-state index is 0.00715. The van der Waals surface area contributed by atoms with E-state index in [0.29, 0.717) is 17.6 Å². The molecule has 1 aromatic rings. The van der Waals surface area contributed by atoms with E-state index in [2.05, 4.69) is 24.9 Å². The predicted octanol–water partition coefficient (Wildman–Crippen LogP) is 1.93. The number of rotatable bonds is 9. The number of carbonyl (C=O) groups excluding carboxylic acids is 1. The molecule has 10 heteroatoms. The Morgan fingerprint density at radius 1 is 1.25 bits per heavy atom. The number of ether oxygens (including phenoxy) is 1. The van der Waals surface area contributed by atoms with Crippen molar-refractivity contribution in [1.82, 2.24) is 10.2 Å². The van der Waals surface area contributed by atoms with E-state index in [1.54, 1.807) is 6.20 Å². The molecule has 5 N–H and O–H groups in total. The summed E-state index contributed by atoms with van der Waals surface area (Å²) in [6, 6.07) is 6.38. The lowest BCUT2D eigenvalue weighted by molar-refractivity contribution is -0.114. The lowest BCUT2D eigenvalue weighted by Gasteiger charge is -2.44. The fourth-order valence-corrected chi connectivity index (χ4v) is 4.40. The summed E-state index contributed by atoms with van der Waals surface area (Å²) in [4.78, 5) is 23.2. The first kappa shape index (κ1) is 22.2. The molecular weight excluding hydrogens is 418 g/mol. The van der Waals surface area contributed by atoms with Crippen LogP contribution in [-0.4, -0.2) is 60.7 Å². The first-order valence-corrected chi connectivity index (χ1v) is 10.8. The molecule has 4 rings (SSSR count). The average Bonchev–Trinajstić information content (AvgIpc) is 3.53. The van der Waals surface area contributed by atoms with Crippen LogP contribution < -0.4 is 21.5 Å². The van der Waals surface area contributed by atoms with E-state index in [1.807, 2.05) is 0 Å². The quantitative estimate of drug-likeness (QED) is 0.304. The van der Waals surface area contributed by atoms with Crippen molar-refractivity contribution in [3.8, 4) is 5.75 Å². The highest BCUT2D eigenvalue weighted by molar-refractivity contribution is 6.20. The molecule has 32 heavy (non-hydrogen) atoms. The summed E-state index contributed by atoms with van der Waals surface area (Å²) in [5, 5.41) is 3.34. The van der Waals surface area contributed by atoms with Gasteiger partial charge < -0.3 is 26.4 Å². The summed E-state index contributed by atoms with van der Waals surface area (Å²) in [6.07, 6.45) is 5.94. The summed E-state index contributed by atoms with van der Waals surface area (Å²) in [5.41, 5.74) is 13.3. The molecule has 2 fully saturated rings.